The van der Waals surface area contributed by atoms with Gasteiger partial charge in [0.05, 0.1) is 21.7 Å². The summed E-state index contributed by atoms with van der Waals surface area (Å²) in [6, 6.07) is 13.4. The molecule has 6 heteroatoms. The first-order chi connectivity index (χ1) is 12.3. The summed E-state index contributed by atoms with van der Waals surface area (Å²) in [5.74, 6) is -0.287. The highest BCUT2D eigenvalue weighted by molar-refractivity contribution is 7.13. The van der Waals surface area contributed by atoms with Crippen LogP contribution in [0.5, 0.6) is 0 Å². The van der Waals surface area contributed by atoms with E-state index in [1.807, 2.05) is 47.8 Å². The highest BCUT2D eigenvalue weighted by atomic mass is 32.1. The van der Waals surface area contributed by atoms with E-state index in [1.165, 1.54) is 0 Å². The Balaban J connectivity index is 1.63. The summed E-state index contributed by atoms with van der Waals surface area (Å²) in [6.45, 7) is 0.668. The lowest BCUT2D eigenvalue weighted by Crippen LogP contribution is -2.33. The van der Waals surface area contributed by atoms with Crippen LogP contribution < -0.4 is 5.48 Å². The van der Waals surface area contributed by atoms with Gasteiger partial charge in [-0.15, -0.1) is 11.3 Å². The Morgan fingerprint density at radius 3 is 2.96 bits per heavy atom. The Kier molecular flexibility index (Phi) is 4.74. The van der Waals surface area contributed by atoms with E-state index in [-0.39, 0.29) is 12.2 Å². The molecule has 25 heavy (non-hydrogen) atoms. The van der Waals surface area contributed by atoms with Crippen molar-refractivity contribution in [3.8, 4) is 10.6 Å². The summed E-state index contributed by atoms with van der Waals surface area (Å²) in [5, 5.41) is 2.80. The van der Waals surface area contributed by atoms with Crippen molar-refractivity contribution in [2.24, 2.45) is 0 Å². The number of fused-ring (bicyclic) bond motifs is 1. The highest BCUT2D eigenvalue weighted by Crippen LogP contribution is 2.28. The Morgan fingerprint density at radius 1 is 1.24 bits per heavy atom. The summed E-state index contributed by atoms with van der Waals surface area (Å²) in [7, 11) is 0. The summed E-state index contributed by atoms with van der Waals surface area (Å²) in [5.41, 5.74) is 4.66. The molecule has 0 aliphatic carbocycles. The Morgan fingerprint density at radius 2 is 2.16 bits per heavy atom. The fourth-order valence-corrected chi connectivity index (χ4v) is 3.58. The van der Waals surface area contributed by atoms with Crippen molar-refractivity contribution in [2.75, 3.05) is 6.61 Å². The minimum Gasteiger partial charge on any atom is -0.350 e. The second kappa shape index (κ2) is 7.31. The average molecular weight is 354 g/mol. The molecule has 1 aromatic carbocycles. The molecule has 1 aliphatic rings. The van der Waals surface area contributed by atoms with Crippen molar-refractivity contribution < 1.29 is 14.4 Å². The molecule has 0 saturated carbocycles. The molecule has 1 amide bonds. The molecule has 0 radical (unpaired) electrons. The van der Waals surface area contributed by atoms with Crippen LogP contribution in [0.3, 0.4) is 0 Å². The maximum atomic E-state index is 12.7. The monoisotopic (exact) mass is 354 g/mol. The van der Waals surface area contributed by atoms with Crippen LogP contribution in [0.15, 0.2) is 47.8 Å². The number of carbonyl (C=O) groups excluding carboxylic acids is 1. The number of thiophene rings is 1. The lowest BCUT2D eigenvalue weighted by atomic mass is 10.1. The van der Waals surface area contributed by atoms with E-state index >= 15 is 0 Å². The zero-order valence-electron chi connectivity index (χ0n) is 13.6. The van der Waals surface area contributed by atoms with Crippen molar-refractivity contribution in [1.29, 1.82) is 0 Å². The number of rotatable bonds is 4. The number of ether oxygens (including phenoxy) is 1. The van der Waals surface area contributed by atoms with Gasteiger partial charge in [-0.3, -0.25) is 4.79 Å². The van der Waals surface area contributed by atoms with Gasteiger partial charge in [0, 0.05) is 18.4 Å². The normalized spacial score (nSPS) is 17.5. The van der Waals surface area contributed by atoms with Crippen molar-refractivity contribution in [3.05, 3.63) is 53.4 Å². The van der Waals surface area contributed by atoms with Crippen molar-refractivity contribution >= 4 is 28.1 Å². The van der Waals surface area contributed by atoms with E-state index < -0.39 is 0 Å². The van der Waals surface area contributed by atoms with Gasteiger partial charge in [0.1, 0.15) is 0 Å². The smallest absolute Gasteiger partial charge is 0.275 e. The molecule has 4 rings (SSSR count). The maximum absolute atomic E-state index is 12.7. The van der Waals surface area contributed by atoms with Gasteiger partial charge in [0.15, 0.2) is 6.29 Å². The van der Waals surface area contributed by atoms with Crippen LogP contribution in [0, 0.1) is 0 Å². The Hall–Kier alpha value is -2.28. The Labute approximate surface area is 149 Å². The number of aromatic nitrogens is 1. The second-order valence-electron chi connectivity index (χ2n) is 5.89. The highest BCUT2D eigenvalue weighted by Gasteiger charge is 2.18. The number of pyridine rings is 1. The number of carbonyl (C=O) groups is 1. The standard InChI is InChI=1S/C19H18N2O3S/c22-19(21-24-18-9-3-4-10-23-18)14-12-16(17-8-5-11-25-17)20-15-7-2-1-6-13(14)15/h1-2,5-8,11-12,18H,3-4,9-10H2,(H,21,22). The van der Waals surface area contributed by atoms with Crippen LogP contribution >= 0.6 is 11.3 Å². The van der Waals surface area contributed by atoms with Gasteiger partial charge in [-0.05, 0) is 36.4 Å². The maximum Gasteiger partial charge on any atom is 0.275 e. The van der Waals surface area contributed by atoms with Crippen LogP contribution in [-0.4, -0.2) is 23.8 Å². The van der Waals surface area contributed by atoms with Crippen LogP contribution in [0.25, 0.3) is 21.5 Å². The number of para-hydroxylation sites is 1. The molecule has 0 bridgehead atoms. The predicted octanol–water partition coefficient (Wildman–Crippen LogP) is 4.15. The molecule has 1 saturated heterocycles. The van der Waals surface area contributed by atoms with Crippen molar-refractivity contribution in [2.45, 2.75) is 25.6 Å². The number of hydrogen-bond acceptors (Lipinski definition) is 5. The number of amides is 1. The van der Waals surface area contributed by atoms with E-state index in [9.17, 15) is 4.79 Å². The average Bonchev–Trinajstić information content (AvgIpc) is 3.21. The zero-order valence-corrected chi connectivity index (χ0v) is 14.4. The van der Waals surface area contributed by atoms with Crippen LogP contribution in [0.4, 0.5) is 0 Å². The third kappa shape index (κ3) is 3.56. The van der Waals surface area contributed by atoms with E-state index in [0.29, 0.717) is 12.2 Å². The molecular weight excluding hydrogens is 336 g/mol. The zero-order chi connectivity index (χ0) is 17.1. The fourth-order valence-electron chi connectivity index (χ4n) is 2.89. The van der Waals surface area contributed by atoms with Gasteiger partial charge in [0.25, 0.3) is 5.91 Å². The van der Waals surface area contributed by atoms with E-state index in [4.69, 9.17) is 9.57 Å². The molecule has 0 spiro atoms. The van der Waals surface area contributed by atoms with Crippen molar-refractivity contribution in [1.82, 2.24) is 10.5 Å². The first kappa shape index (κ1) is 16.2. The van der Waals surface area contributed by atoms with E-state index in [1.54, 1.807) is 11.3 Å². The quantitative estimate of drug-likeness (QED) is 0.715. The summed E-state index contributed by atoms with van der Waals surface area (Å²) < 4.78 is 5.49. The van der Waals surface area contributed by atoms with Crippen LogP contribution in [0.2, 0.25) is 0 Å². The van der Waals surface area contributed by atoms with Crippen LogP contribution in [0.1, 0.15) is 29.6 Å². The predicted molar refractivity (Wildman–Crippen MR) is 97.2 cm³/mol. The number of benzene rings is 1. The largest absolute Gasteiger partial charge is 0.350 e. The SMILES string of the molecule is O=C(NOC1CCCCO1)c1cc(-c2cccs2)nc2ccccc12. The molecule has 128 valence electrons. The topological polar surface area (TPSA) is 60.5 Å². The number of nitrogens with one attached hydrogen (secondary N) is 1. The van der Waals surface area contributed by atoms with Crippen LogP contribution in [-0.2, 0) is 9.57 Å². The van der Waals surface area contributed by atoms with Gasteiger partial charge < -0.3 is 4.74 Å². The van der Waals surface area contributed by atoms with E-state index in [0.717, 1.165) is 40.7 Å². The van der Waals surface area contributed by atoms with Gasteiger partial charge in [-0.2, -0.15) is 0 Å². The summed E-state index contributed by atoms with van der Waals surface area (Å²) >= 11 is 1.60. The van der Waals surface area contributed by atoms with Gasteiger partial charge in [-0.1, -0.05) is 24.3 Å². The number of nitrogens with zero attached hydrogens (tertiary/aromatic N) is 1. The van der Waals surface area contributed by atoms with Crippen molar-refractivity contribution in [3.63, 3.8) is 0 Å². The molecular formula is C19H18N2O3S. The summed E-state index contributed by atoms with van der Waals surface area (Å²) in [4.78, 5) is 23.8. The van der Waals surface area contributed by atoms with Gasteiger partial charge >= 0.3 is 0 Å². The molecule has 5 nitrogen and oxygen atoms in total. The molecule has 1 aliphatic heterocycles. The molecule has 2 aromatic heterocycles. The first-order valence-electron chi connectivity index (χ1n) is 8.32. The molecule has 3 heterocycles. The molecule has 1 fully saturated rings. The minimum atomic E-state index is -0.373. The molecule has 3 aromatic rings. The molecule has 1 unspecified atom stereocenters. The first-order valence-corrected chi connectivity index (χ1v) is 9.20. The van der Waals surface area contributed by atoms with E-state index in [2.05, 4.69) is 10.5 Å². The molecule has 1 N–H and O–H groups in total. The second-order valence-corrected chi connectivity index (χ2v) is 6.84. The summed E-state index contributed by atoms with van der Waals surface area (Å²) in [6.07, 6.45) is 2.49. The molecule has 1 atom stereocenters. The third-order valence-corrected chi connectivity index (χ3v) is 5.05. The minimum absolute atomic E-state index is 0.287. The third-order valence-electron chi connectivity index (χ3n) is 4.16. The number of hydroxylamine groups is 1. The van der Waals surface area contributed by atoms with Gasteiger partial charge in [-0.25, -0.2) is 15.3 Å². The number of hydrogen-bond donors (Lipinski definition) is 1. The lowest BCUT2D eigenvalue weighted by Gasteiger charge is -2.22. The van der Waals surface area contributed by atoms with Gasteiger partial charge in [0.2, 0.25) is 0 Å². The Bertz CT molecular complexity index is 874. The fraction of sp³-hybridized carbons (Fsp3) is 0.263. The lowest BCUT2D eigenvalue weighted by molar-refractivity contribution is -0.186.